The molecule has 23 heavy (non-hydrogen) atoms. The Morgan fingerprint density at radius 3 is 2.43 bits per heavy atom. The van der Waals surface area contributed by atoms with E-state index in [0.717, 1.165) is 5.56 Å². The van der Waals surface area contributed by atoms with Gasteiger partial charge in [-0.15, -0.1) is 0 Å². The van der Waals surface area contributed by atoms with Crippen molar-refractivity contribution in [1.29, 1.82) is 5.26 Å². The van der Waals surface area contributed by atoms with Gasteiger partial charge in [0.2, 0.25) is 0 Å². The maximum absolute atomic E-state index is 12.8. The van der Waals surface area contributed by atoms with Crippen molar-refractivity contribution in [2.24, 2.45) is 0 Å². The fraction of sp³-hybridized carbons (Fsp3) is 0.111. The summed E-state index contributed by atoms with van der Waals surface area (Å²) in [6, 6.07) is 15.1. The maximum atomic E-state index is 12.8. The SMILES string of the molecule is Cc1ccc(CN/C=C(/C#N)C(=O)Nc2ccc(F)cc2)cc1. The molecule has 0 radical (unpaired) electrons. The van der Waals surface area contributed by atoms with Crippen molar-refractivity contribution < 1.29 is 9.18 Å². The molecule has 0 saturated heterocycles. The van der Waals surface area contributed by atoms with Crippen molar-refractivity contribution in [3.63, 3.8) is 0 Å². The summed E-state index contributed by atoms with van der Waals surface area (Å²) >= 11 is 0. The monoisotopic (exact) mass is 309 g/mol. The molecule has 0 aliphatic rings. The van der Waals surface area contributed by atoms with Crippen molar-refractivity contribution in [2.45, 2.75) is 13.5 Å². The van der Waals surface area contributed by atoms with Crippen molar-refractivity contribution in [2.75, 3.05) is 5.32 Å². The molecule has 0 unspecified atom stereocenters. The van der Waals surface area contributed by atoms with E-state index in [1.807, 2.05) is 37.3 Å². The number of hydrogen-bond donors (Lipinski definition) is 2. The van der Waals surface area contributed by atoms with E-state index in [1.54, 1.807) is 0 Å². The van der Waals surface area contributed by atoms with E-state index in [4.69, 9.17) is 5.26 Å². The lowest BCUT2D eigenvalue weighted by Crippen LogP contribution is -2.16. The number of halogens is 1. The van der Waals surface area contributed by atoms with Crippen LogP contribution in [0.4, 0.5) is 10.1 Å². The van der Waals surface area contributed by atoms with E-state index in [9.17, 15) is 9.18 Å². The molecule has 5 heteroatoms. The zero-order valence-corrected chi connectivity index (χ0v) is 12.6. The number of anilines is 1. The Morgan fingerprint density at radius 1 is 1.17 bits per heavy atom. The second-order valence-corrected chi connectivity index (χ2v) is 5.00. The van der Waals surface area contributed by atoms with Crippen LogP contribution in [0.1, 0.15) is 11.1 Å². The molecular formula is C18H16FN3O. The van der Waals surface area contributed by atoms with E-state index in [1.165, 1.54) is 36.0 Å². The fourth-order valence-electron chi connectivity index (χ4n) is 1.86. The minimum atomic E-state index is -0.546. The van der Waals surface area contributed by atoms with E-state index in [-0.39, 0.29) is 11.4 Å². The quantitative estimate of drug-likeness (QED) is 0.658. The number of aryl methyl sites for hydroxylation is 1. The molecule has 0 aliphatic heterocycles. The summed E-state index contributed by atoms with van der Waals surface area (Å²) in [5.74, 6) is -0.936. The number of nitrogens with zero attached hydrogens (tertiary/aromatic N) is 1. The first-order valence-corrected chi connectivity index (χ1v) is 7.04. The van der Waals surface area contributed by atoms with Crippen LogP contribution in [0.5, 0.6) is 0 Å². The van der Waals surface area contributed by atoms with Crippen molar-refractivity contribution in [3.05, 3.63) is 77.2 Å². The van der Waals surface area contributed by atoms with Gasteiger partial charge in [0.15, 0.2) is 0 Å². The van der Waals surface area contributed by atoms with Crippen LogP contribution in [0, 0.1) is 24.1 Å². The molecular weight excluding hydrogens is 293 g/mol. The summed E-state index contributed by atoms with van der Waals surface area (Å²) in [4.78, 5) is 12.0. The van der Waals surface area contributed by atoms with Gasteiger partial charge in [-0.25, -0.2) is 4.39 Å². The highest BCUT2D eigenvalue weighted by Crippen LogP contribution is 2.09. The van der Waals surface area contributed by atoms with E-state index in [0.29, 0.717) is 12.2 Å². The fourth-order valence-corrected chi connectivity index (χ4v) is 1.86. The molecule has 0 aromatic heterocycles. The molecule has 2 aromatic rings. The molecule has 0 bridgehead atoms. The average molecular weight is 309 g/mol. The highest BCUT2D eigenvalue weighted by molar-refractivity contribution is 6.06. The van der Waals surface area contributed by atoms with Crippen molar-refractivity contribution >= 4 is 11.6 Å². The number of amides is 1. The second-order valence-electron chi connectivity index (χ2n) is 5.00. The van der Waals surface area contributed by atoms with Gasteiger partial charge in [-0.2, -0.15) is 5.26 Å². The van der Waals surface area contributed by atoms with Crippen LogP contribution in [0.3, 0.4) is 0 Å². The Balaban J connectivity index is 1.95. The van der Waals surface area contributed by atoms with Gasteiger partial charge in [-0.05, 0) is 36.8 Å². The van der Waals surface area contributed by atoms with Crippen LogP contribution in [0.2, 0.25) is 0 Å². The molecule has 0 heterocycles. The van der Waals surface area contributed by atoms with E-state index < -0.39 is 5.91 Å². The number of hydrogen-bond acceptors (Lipinski definition) is 3. The van der Waals surface area contributed by atoms with Crippen LogP contribution in [-0.2, 0) is 11.3 Å². The lowest BCUT2D eigenvalue weighted by atomic mass is 10.1. The van der Waals surface area contributed by atoms with Crippen molar-refractivity contribution in [1.82, 2.24) is 5.32 Å². The Morgan fingerprint density at radius 2 is 1.83 bits per heavy atom. The van der Waals surface area contributed by atoms with E-state index >= 15 is 0 Å². The summed E-state index contributed by atoms with van der Waals surface area (Å²) < 4.78 is 12.8. The topological polar surface area (TPSA) is 64.9 Å². The molecule has 0 saturated carbocycles. The Hall–Kier alpha value is -3.13. The van der Waals surface area contributed by atoms with E-state index in [2.05, 4.69) is 10.6 Å². The standard InChI is InChI=1S/C18H16FN3O/c1-13-2-4-14(5-3-13)11-21-12-15(10-20)18(23)22-17-8-6-16(19)7-9-17/h2-9,12,21H,11H2,1H3,(H,22,23)/b15-12-. The number of carbonyl (C=O) groups is 1. The minimum Gasteiger partial charge on any atom is -0.386 e. The molecule has 116 valence electrons. The molecule has 1 amide bonds. The summed E-state index contributed by atoms with van der Waals surface area (Å²) in [6.45, 7) is 2.51. The third-order valence-corrected chi connectivity index (χ3v) is 3.14. The molecule has 0 spiro atoms. The third-order valence-electron chi connectivity index (χ3n) is 3.14. The van der Waals surface area contributed by atoms with Gasteiger partial charge in [-0.3, -0.25) is 4.79 Å². The second kappa shape index (κ2) is 7.76. The highest BCUT2D eigenvalue weighted by atomic mass is 19.1. The molecule has 0 aliphatic carbocycles. The molecule has 2 aromatic carbocycles. The zero-order valence-electron chi connectivity index (χ0n) is 12.6. The third kappa shape index (κ3) is 4.97. The Bertz CT molecular complexity index is 743. The number of benzene rings is 2. The van der Waals surface area contributed by atoms with Crippen LogP contribution < -0.4 is 10.6 Å². The van der Waals surface area contributed by atoms with Gasteiger partial charge in [-0.1, -0.05) is 29.8 Å². The maximum Gasteiger partial charge on any atom is 0.267 e. The number of carbonyl (C=O) groups excluding carboxylic acids is 1. The van der Waals surface area contributed by atoms with Crippen LogP contribution in [0.25, 0.3) is 0 Å². The molecule has 4 nitrogen and oxygen atoms in total. The largest absolute Gasteiger partial charge is 0.386 e. The van der Waals surface area contributed by atoms with Gasteiger partial charge in [0.1, 0.15) is 17.5 Å². The predicted octanol–water partition coefficient (Wildman–Crippen LogP) is 3.27. The average Bonchev–Trinajstić information content (AvgIpc) is 2.55. The zero-order chi connectivity index (χ0) is 16.7. The van der Waals surface area contributed by atoms with Gasteiger partial charge in [0.25, 0.3) is 5.91 Å². The summed E-state index contributed by atoms with van der Waals surface area (Å²) in [5.41, 5.74) is 2.58. The predicted molar refractivity (Wildman–Crippen MR) is 86.7 cm³/mol. The van der Waals surface area contributed by atoms with Gasteiger partial charge >= 0.3 is 0 Å². The summed E-state index contributed by atoms with van der Waals surface area (Å²) in [6.07, 6.45) is 1.37. The first-order valence-electron chi connectivity index (χ1n) is 7.04. The summed E-state index contributed by atoms with van der Waals surface area (Å²) in [7, 11) is 0. The molecule has 2 rings (SSSR count). The van der Waals surface area contributed by atoms with Crippen LogP contribution in [0.15, 0.2) is 60.3 Å². The Kier molecular flexibility index (Phi) is 5.48. The highest BCUT2D eigenvalue weighted by Gasteiger charge is 2.09. The Labute approximate surface area is 134 Å². The molecule has 0 fully saturated rings. The van der Waals surface area contributed by atoms with Crippen LogP contribution >= 0.6 is 0 Å². The van der Waals surface area contributed by atoms with Crippen LogP contribution in [-0.4, -0.2) is 5.91 Å². The lowest BCUT2D eigenvalue weighted by molar-refractivity contribution is -0.112. The minimum absolute atomic E-state index is 0.0542. The summed E-state index contributed by atoms with van der Waals surface area (Å²) in [5, 5.41) is 14.6. The van der Waals surface area contributed by atoms with Gasteiger partial charge < -0.3 is 10.6 Å². The molecule has 0 atom stereocenters. The van der Waals surface area contributed by atoms with Gasteiger partial charge in [0.05, 0.1) is 0 Å². The number of rotatable bonds is 5. The van der Waals surface area contributed by atoms with Gasteiger partial charge in [0, 0.05) is 18.4 Å². The first kappa shape index (κ1) is 16.2. The normalized spacial score (nSPS) is 10.7. The lowest BCUT2D eigenvalue weighted by Gasteiger charge is -2.05. The number of nitriles is 1. The smallest absolute Gasteiger partial charge is 0.267 e. The van der Waals surface area contributed by atoms with Crippen molar-refractivity contribution in [3.8, 4) is 6.07 Å². The molecule has 2 N–H and O–H groups in total. The number of nitrogens with one attached hydrogen (secondary N) is 2. The first-order chi connectivity index (χ1) is 11.1.